The van der Waals surface area contributed by atoms with E-state index in [1.165, 1.54) is 23.9 Å². The standard InChI is InChI=1S/C17H19N3O6/c1-24-11-4-2-10(3-5-11)16(22)25-9-13-12(18)8-15(26-13)20-7-6-14(21)19-17(20)23/h2-7,12-13,15H,8-9,18H2,1H3,(H,19,21,23)/t12-,13+,15+/m0/s1. The van der Waals surface area contributed by atoms with Crippen molar-refractivity contribution in [3.05, 3.63) is 62.9 Å². The molecule has 1 aliphatic heterocycles. The third-order valence-electron chi connectivity index (χ3n) is 4.15. The number of aromatic amines is 1. The molecule has 1 aromatic carbocycles. The Balaban J connectivity index is 1.60. The summed E-state index contributed by atoms with van der Waals surface area (Å²) < 4.78 is 17.3. The number of rotatable bonds is 5. The summed E-state index contributed by atoms with van der Waals surface area (Å²) in [5.41, 5.74) is 5.34. The van der Waals surface area contributed by atoms with E-state index in [2.05, 4.69) is 4.98 Å². The molecule has 1 aliphatic rings. The number of esters is 1. The first-order valence-electron chi connectivity index (χ1n) is 8.01. The molecule has 0 radical (unpaired) electrons. The van der Waals surface area contributed by atoms with Gasteiger partial charge in [0.25, 0.3) is 5.56 Å². The van der Waals surface area contributed by atoms with Gasteiger partial charge in [0.2, 0.25) is 0 Å². The molecule has 2 aromatic rings. The highest BCUT2D eigenvalue weighted by molar-refractivity contribution is 5.89. The summed E-state index contributed by atoms with van der Waals surface area (Å²) in [6.07, 6.45) is 0.529. The van der Waals surface area contributed by atoms with Crippen LogP contribution in [-0.2, 0) is 9.47 Å². The van der Waals surface area contributed by atoms with Crippen LogP contribution in [0.15, 0.2) is 46.1 Å². The normalized spacial score (nSPS) is 22.2. The van der Waals surface area contributed by atoms with Gasteiger partial charge < -0.3 is 19.9 Å². The van der Waals surface area contributed by atoms with Gasteiger partial charge in [-0.2, -0.15) is 0 Å². The van der Waals surface area contributed by atoms with Crippen molar-refractivity contribution in [1.82, 2.24) is 9.55 Å². The number of nitrogens with one attached hydrogen (secondary N) is 1. The van der Waals surface area contributed by atoms with Crippen LogP contribution >= 0.6 is 0 Å². The first-order valence-corrected chi connectivity index (χ1v) is 8.01. The van der Waals surface area contributed by atoms with E-state index < -0.39 is 35.6 Å². The second-order valence-electron chi connectivity index (χ2n) is 5.87. The van der Waals surface area contributed by atoms with Crippen LogP contribution in [0.25, 0.3) is 0 Å². The molecule has 2 heterocycles. The first-order chi connectivity index (χ1) is 12.5. The number of methoxy groups -OCH3 is 1. The average Bonchev–Trinajstić information content (AvgIpc) is 3.00. The summed E-state index contributed by atoms with van der Waals surface area (Å²) in [4.78, 5) is 37.2. The molecule has 0 spiro atoms. The molecule has 3 rings (SSSR count). The second kappa shape index (κ2) is 7.54. The third kappa shape index (κ3) is 3.84. The maximum Gasteiger partial charge on any atom is 0.338 e. The van der Waals surface area contributed by atoms with Crippen LogP contribution in [0.2, 0.25) is 0 Å². The fourth-order valence-electron chi connectivity index (χ4n) is 2.71. The number of hydrogen-bond donors (Lipinski definition) is 2. The van der Waals surface area contributed by atoms with Gasteiger partial charge in [-0.3, -0.25) is 14.3 Å². The van der Waals surface area contributed by atoms with Crippen LogP contribution in [0.4, 0.5) is 0 Å². The number of H-pyrrole nitrogens is 1. The highest BCUT2D eigenvalue weighted by atomic mass is 16.6. The Hall–Kier alpha value is -2.91. The van der Waals surface area contributed by atoms with Crippen LogP contribution in [0.3, 0.4) is 0 Å². The third-order valence-corrected chi connectivity index (χ3v) is 4.15. The highest BCUT2D eigenvalue weighted by Gasteiger charge is 2.35. The largest absolute Gasteiger partial charge is 0.497 e. The van der Waals surface area contributed by atoms with E-state index in [4.69, 9.17) is 19.9 Å². The number of nitrogens with two attached hydrogens (primary N) is 1. The Morgan fingerprint density at radius 1 is 1.31 bits per heavy atom. The van der Waals surface area contributed by atoms with E-state index in [0.717, 1.165) is 0 Å². The number of ether oxygens (including phenoxy) is 3. The topological polar surface area (TPSA) is 126 Å². The smallest absolute Gasteiger partial charge is 0.338 e. The van der Waals surface area contributed by atoms with Crippen molar-refractivity contribution in [2.45, 2.75) is 24.8 Å². The van der Waals surface area contributed by atoms with Gasteiger partial charge in [0.05, 0.1) is 12.7 Å². The number of carbonyl (C=O) groups is 1. The van der Waals surface area contributed by atoms with Crippen molar-refractivity contribution in [3.63, 3.8) is 0 Å². The van der Waals surface area contributed by atoms with Gasteiger partial charge in [0.1, 0.15) is 24.7 Å². The highest BCUT2D eigenvalue weighted by Crippen LogP contribution is 2.26. The van der Waals surface area contributed by atoms with Crippen molar-refractivity contribution in [2.75, 3.05) is 13.7 Å². The van der Waals surface area contributed by atoms with Crippen LogP contribution in [0, 0.1) is 0 Å². The molecule has 9 nitrogen and oxygen atoms in total. The zero-order valence-corrected chi connectivity index (χ0v) is 14.1. The fourth-order valence-corrected chi connectivity index (χ4v) is 2.71. The summed E-state index contributed by atoms with van der Waals surface area (Å²) in [5, 5.41) is 0. The lowest BCUT2D eigenvalue weighted by atomic mass is 10.1. The van der Waals surface area contributed by atoms with E-state index in [1.54, 1.807) is 24.3 Å². The van der Waals surface area contributed by atoms with Gasteiger partial charge in [0.15, 0.2) is 0 Å². The minimum atomic E-state index is -0.626. The molecule has 1 fully saturated rings. The van der Waals surface area contributed by atoms with Gasteiger partial charge in [0, 0.05) is 24.7 Å². The zero-order chi connectivity index (χ0) is 18.7. The van der Waals surface area contributed by atoms with Gasteiger partial charge in [-0.1, -0.05) is 0 Å². The first kappa shape index (κ1) is 17.9. The molecule has 0 amide bonds. The van der Waals surface area contributed by atoms with Gasteiger partial charge in [-0.05, 0) is 24.3 Å². The van der Waals surface area contributed by atoms with Crippen molar-refractivity contribution in [3.8, 4) is 5.75 Å². The number of hydrogen-bond acceptors (Lipinski definition) is 7. The Morgan fingerprint density at radius 3 is 2.69 bits per heavy atom. The molecule has 3 atom stereocenters. The molecule has 26 heavy (non-hydrogen) atoms. The minimum Gasteiger partial charge on any atom is -0.497 e. The Bertz CT molecular complexity index is 888. The molecule has 1 saturated heterocycles. The molecule has 3 N–H and O–H groups in total. The summed E-state index contributed by atoms with van der Waals surface area (Å²) in [5.74, 6) is 0.130. The van der Waals surface area contributed by atoms with Crippen molar-refractivity contribution in [2.24, 2.45) is 5.73 Å². The van der Waals surface area contributed by atoms with E-state index >= 15 is 0 Å². The molecule has 138 valence electrons. The van der Waals surface area contributed by atoms with E-state index in [0.29, 0.717) is 17.7 Å². The molecule has 0 aliphatic carbocycles. The quantitative estimate of drug-likeness (QED) is 0.719. The predicted molar refractivity (Wildman–Crippen MR) is 91.1 cm³/mol. The van der Waals surface area contributed by atoms with Crippen LogP contribution in [0.5, 0.6) is 5.75 Å². The van der Waals surface area contributed by atoms with Gasteiger partial charge in [-0.15, -0.1) is 0 Å². The van der Waals surface area contributed by atoms with E-state index in [9.17, 15) is 14.4 Å². The maximum absolute atomic E-state index is 12.1. The Labute approximate surface area is 148 Å². The van der Waals surface area contributed by atoms with Gasteiger partial charge >= 0.3 is 11.7 Å². The average molecular weight is 361 g/mol. The summed E-state index contributed by atoms with van der Waals surface area (Å²) in [7, 11) is 1.54. The maximum atomic E-state index is 12.1. The monoisotopic (exact) mass is 361 g/mol. The van der Waals surface area contributed by atoms with Crippen LogP contribution in [0.1, 0.15) is 23.0 Å². The number of nitrogens with zero attached hydrogens (tertiary/aromatic N) is 1. The van der Waals surface area contributed by atoms with Gasteiger partial charge in [-0.25, -0.2) is 9.59 Å². The number of benzene rings is 1. The fraction of sp³-hybridized carbons (Fsp3) is 0.353. The Kier molecular flexibility index (Phi) is 5.19. The Morgan fingerprint density at radius 2 is 2.04 bits per heavy atom. The van der Waals surface area contributed by atoms with Crippen LogP contribution < -0.4 is 21.7 Å². The molecule has 9 heteroatoms. The molecule has 0 saturated carbocycles. The molecular weight excluding hydrogens is 342 g/mol. The number of aromatic nitrogens is 2. The molecule has 0 unspecified atom stereocenters. The molecule has 0 bridgehead atoms. The summed E-state index contributed by atoms with van der Waals surface area (Å²) >= 11 is 0. The number of carbonyl (C=O) groups excluding carboxylic acids is 1. The van der Waals surface area contributed by atoms with Crippen LogP contribution in [-0.4, -0.2) is 41.4 Å². The lowest BCUT2D eigenvalue weighted by Gasteiger charge is -2.16. The zero-order valence-electron chi connectivity index (χ0n) is 14.1. The predicted octanol–water partition coefficient (Wildman–Crippen LogP) is 0.0170. The molecule has 1 aromatic heterocycles. The molecular formula is C17H19N3O6. The SMILES string of the molecule is COc1ccc(C(=O)OC[C@H]2O[C@@H](n3ccc(=O)[nH]c3=O)C[C@@H]2N)cc1. The minimum absolute atomic E-state index is 0.0410. The lowest BCUT2D eigenvalue weighted by Crippen LogP contribution is -2.34. The van der Waals surface area contributed by atoms with Crippen molar-refractivity contribution in [1.29, 1.82) is 0 Å². The van der Waals surface area contributed by atoms with E-state index in [1.807, 2.05) is 0 Å². The van der Waals surface area contributed by atoms with Crippen molar-refractivity contribution < 1.29 is 19.0 Å². The summed E-state index contributed by atoms with van der Waals surface area (Å²) in [6, 6.07) is 7.33. The summed E-state index contributed by atoms with van der Waals surface area (Å²) in [6.45, 7) is -0.0410. The van der Waals surface area contributed by atoms with E-state index in [-0.39, 0.29) is 6.61 Å². The van der Waals surface area contributed by atoms with Crippen molar-refractivity contribution >= 4 is 5.97 Å². The lowest BCUT2D eigenvalue weighted by molar-refractivity contribution is -0.0362. The second-order valence-corrected chi connectivity index (χ2v) is 5.87.